The number of aromatic carboxylic acids is 1. The lowest BCUT2D eigenvalue weighted by atomic mass is 10.1. The summed E-state index contributed by atoms with van der Waals surface area (Å²) in [4.78, 5) is 22.7. The SMILES string of the molecule is O=C(O)c1ccc(-c2ccc(/C=N\NC(=O)c3cccc(O)c3)o2)cc1. The first-order valence-corrected chi connectivity index (χ1v) is 7.59. The quantitative estimate of drug-likeness (QED) is 0.483. The van der Waals surface area contributed by atoms with Gasteiger partial charge < -0.3 is 14.6 Å². The number of hydrogen-bond acceptors (Lipinski definition) is 5. The Kier molecular flexibility index (Phi) is 4.80. The summed E-state index contributed by atoms with van der Waals surface area (Å²) in [5.74, 6) is -0.507. The molecule has 130 valence electrons. The van der Waals surface area contributed by atoms with Gasteiger partial charge in [-0.1, -0.05) is 18.2 Å². The number of phenolic OH excluding ortho intramolecular Hbond substituents is 1. The Labute approximate surface area is 148 Å². The number of carboxylic acid groups (broad SMARTS) is 1. The zero-order valence-electron chi connectivity index (χ0n) is 13.4. The molecule has 3 aromatic rings. The van der Waals surface area contributed by atoms with Gasteiger partial charge in [0.25, 0.3) is 5.91 Å². The maximum absolute atomic E-state index is 11.9. The van der Waals surface area contributed by atoms with Gasteiger partial charge in [0.15, 0.2) is 0 Å². The van der Waals surface area contributed by atoms with E-state index in [2.05, 4.69) is 10.5 Å². The molecule has 0 aliphatic rings. The molecule has 3 rings (SSSR count). The Hall–Kier alpha value is -3.87. The van der Waals surface area contributed by atoms with Gasteiger partial charge in [-0.3, -0.25) is 4.79 Å². The van der Waals surface area contributed by atoms with Crippen molar-refractivity contribution >= 4 is 18.1 Å². The van der Waals surface area contributed by atoms with Crippen LogP contribution >= 0.6 is 0 Å². The molecule has 0 aliphatic heterocycles. The smallest absolute Gasteiger partial charge is 0.335 e. The number of carbonyl (C=O) groups excluding carboxylic acids is 1. The third kappa shape index (κ3) is 3.96. The second-order valence-corrected chi connectivity index (χ2v) is 5.33. The number of hydrogen-bond donors (Lipinski definition) is 3. The molecule has 7 nitrogen and oxygen atoms in total. The predicted molar refractivity (Wildman–Crippen MR) is 94.3 cm³/mol. The number of carboxylic acids is 1. The van der Waals surface area contributed by atoms with E-state index in [1.807, 2.05) is 0 Å². The Morgan fingerprint density at radius 1 is 1.00 bits per heavy atom. The van der Waals surface area contributed by atoms with Crippen LogP contribution in [0.1, 0.15) is 26.5 Å². The minimum Gasteiger partial charge on any atom is -0.508 e. The highest BCUT2D eigenvalue weighted by molar-refractivity contribution is 5.95. The van der Waals surface area contributed by atoms with Crippen molar-refractivity contribution in [1.82, 2.24) is 5.43 Å². The minimum atomic E-state index is -0.994. The Morgan fingerprint density at radius 3 is 2.46 bits per heavy atom. The molecule has 2 aromatic carbocycles. The standard InChI is InChI=1S/C19H14N2O5/c22-15-3-1-2-14(10-15)18(23)21-20-11-16-8-9-17(26-16)12-4-6-13(7-5-12)19(24)25/h1-11,22H,(H,21,23)(H,24,25)/b20-11-. The summed E-state index contributed by atoms with van der Waals surface area (Å²) in [5.41, 5.74) is 3.53. The van der Waals surface area contributed by atoms with Crippen LogP contribution in [-0.2, 0) is 0 Å². The van der Waals surface area contributed by atoms with Crippen LogP contribution in [0.3, 0.4) is 0 Å². The second-order valence-electron chi connectivity index (χ2n) is 5.33. The highest BCUT2D eigenvalue weighted by Crippen LogP contribution is 2.22. The van der Waals surface area contributed by atoms with E-state index in [1.54, 1.807) is 36.4 Å². The maximum atomic E-state index is 11.9. The van der Waals surface area contributed by atoms with Gasteiger partial charge in [-0.05, 0) is 42.5 Å². The second kappa shape index (κ2) is 7.35. The normalized spacial score (nSPS) is 10.8. The number of carbonyl (C=O) groups is 2. The van der Waals surface area contributed by atoms with Crippen molar-refractivity contribution in [2.24, 2.45) is 5.10 Å². The summed E-state index contributed by atoms with van der Waals surface area (Å²) >= 11 is 0. The fourth-order valence-corrected chi connectivity index (χ4v) is 2.22. The Bertz CT molecular complexity index is 974. The van der Waals surface area contributed by atoms with Crippen molar-refractivity contribution in [3.8, 4) is 17.1 Å². The van der Waals surface area contributed by atoms with E-state index in [0.717, 1.165) is 5.56 Å². The number of amides is 1. The fraction of sp³-hybridized carbons (Fsp3) is 0. The topological polar surface area (TPSA) is 112 Å². The van der Waals surface area contributed by atoms with Crippen LogP contribution in [0.25, 0.3) is 11.3 Å². The van der Waals surface area contributed by atoms with Crippen LogP contribution in [0.2, 0.25) is 0 Å². The van der Waals surface area contributed by atoms with Crippen LogP contribution in [0, 0.1) is 0 Å². The molecule has 1 amide bonds. The van der Waals surface area contributed by atoms with Gasteiger partial charge in [0.2, 0.25) is 0 Å². The van der Waals surface area contributed by atoms with Gasteiger partial charge in [-0.2, -0.15) is 5.10 Å². The van der Waals surface area contributed by atoms with Crippen LogP contribution in [0.15, 0.2) is 70.2 Å². The predicted octanol–water partition coefficient (Wildman–Crippen LogP) is 3.11. The highest BCUT2D eigenvalue weighted by Gasteiger charge is 2.07. The van der Waals surface area contributed by atoms with Crippen LogP contribution in [-0.4, -0.2) is 28.3 Å². The fourth-order valence-electron chi connectivity index (χ4n) is 2.22. The third-order valence-electron chi connectivity index (χ3n) is 3.51. The van der Waals surface area contributed by atoms with Gasteiger partial charge in [-0.25, -0.2) is 10.2 Å². The molecular weight excluding hydrogens is 336 g/mol. The lowest BCUT2D eigenvalue weighted by Gasteiger charge is -2.00. The van der Waals surface area contributed by atoms with E-state index in [9.17, 15) is 14.7 Å². The van der Waals surface area contributed by atoms with Gasteiger partial charge in [0.1, 0.15) is 17.3 Å². The molecule has 7 heteroatoms. The zero-order valence-corrected chi connectivity index (χ0v) is 13.4. The molecule has 0 bridgehead atoms. The van der Waals surface area contributed by atoms with Gasteiger partial charge >= 0.3 is 5.97 Å². The Morgan fingerprint density at radius 2 is 1.77 bits per heavy atom. The van der Waals surface area contributed by atoms with E-state index in [-0.39, 0.29) is 16.9 Å². The monoisotopic (exact) mass is 350 g/mol. The van der Waals surface area contributed by atoms with Crippen molar-refractivity contribution in [3.63, 3.8) is 0 Å². The first kappa shape index (κ1) is 17.0. The summed E-state index contributed by atoms with van der Waals surface area (Å²) in [6.07, 6.45) is 1.34. The number of benzene rings is 2. The first-order chi connectivity index (χ1) is 12.5. The average molecular weight is 350 g/mol. The molecule has 0 saturated carbocycles. The molecule has 26 heavy (non-hydrogen) atoms. The van der Waals surface area contributed by atoms with E-state index in [4.69, 9.17) is 9.52 Å². The van der Waals surface area contributed by atoms with E-state index in [0.29, 0.717) is 11.5 Å². The molecule has 3 N–H and O–H groups in total. The number of nitrogens with one attached hydrogen (secondary N) is 1. The summed E-state index contributed by atoms with van der Waals surface area (Å²) < 4.78 is 5.59. The van der Waals surface area contributed by atoms with E-state index in [1.165, 1.54) is 30.5 Å². The van der Waals surface area contributed by atoms with Gasteiger partial charge in [-0.15, -0.1) is 0 Å². The number of rotatable bonds is 5. The number of furan rings is 1. The molecule has 0 fully saturated rings. The minimum absolute atomic E-state index is 0.00813. The van der Waals surface area contributed by atoms with Crippen molar-refractivity contribution in [1.29, 1.82) is 0 Å². The first-order valence-electron chi connectivity index (χ1n) is 7.59. The van der Waals surface area contributed by atoms with Crippen molar-refractivity contribution in [2.75, 3.05) is 0 Å². The molecule has 0 unspecified atom stereocenters. The average Bonchev–Trinajstić information content (AvgIpc) is 3.10. The van der Waals surface area contributed by atoms with Crippen molar-refractivity contribution in [2.45, 2.75) is 0 Å². The third-order valence-corrected chi connectivity index (χ3v) is 3.51. The summed E-state index contributed by atoms with van der Waals surface area (Å²) in [5, 5.41) is 22.1. The summed E-state index contributed by atoms with van der Waals surface area (Å²) in [6.45, 7) is 0. The number of aromatic hydroxyl groups is 1. The zero-order chi connectivity index (χ0) is 18.5. The Balaban J connectivity index is 1.65. The largest absolute Gasteiger partial charge is 0.508 e. The van der Waals surface area contributed by atoms with E-state index < -0.39 is 11.9 Å². The maximum Gasteiger partial charge on any atom is 0.335 e. The van der Waals surface area contributed by atoms with Crippen LogP contribution in [0.4, 0.5) is 0 Å². The molecule has 0 radical (unpaired) electrons. The molecule has 0 aliphatic carbocycles. The van der Waals surface area contributed by atoms with Crippen LogP contribution in [0.5, 0.6) is 5.75 Å². The van der Waals surface area contributed by atoms with Gasteiger partial charge in [0, 0.05) is 11.1 Å². The molecule has 1 aromatic heterocycles. The number of phenols is 1. The van der Waals surface area contributed by atoms with Crippen LogP contribution < -0.4 is 5.43 Å². The lowest BCUT2D eigenvalue weighted by Crippen LogP contribution is -2.17. The number of hydrazone groups is 1. The molecule has 0 spiro atoms. The summed E-state index contributed by atoms with van der Waals surface area (Å²) in [7, 11) is 0. The molecule has 1 heterocycles. The van der Waals surface area contributed by atoms with Crippen molar-refractivity contribution in [3.05, 3.63) is 77.6 Å². The van der Waals surface area contributed by atoms with E-state index >= 15 is 0 Å². The summed E-state index contributed by atoms with van der Waals surface area (Å²) in [6, 6.07) is 15.6. The van der Waals surface area contributed by atoms with Gasteiger partial charge in [0.05, 0.1) is 11.8 Å². The number of nitrogens with zero attached hydrogens (tertiary/aromatic N) is 1. The highest BCUT2D eigenvalue weighted by atomic mass is 16.4. The molecule has 0 saturated heterocycles. The lowest BCUT2D eigenvalue weighted by molar-refractivity contribution is 0.0696. The van der Waals surface area contributed by atoms with Crippen molar-refractivity contribution < 1.29 is 24.2 Å². The molecule has 0 atom stereocenters. The molecular formula is C19H14N2O5.